The van der Waals surface area contributed by atoms with Gasteiger partial charge in [0.2, 0.25) is 0 Å². The van der Waals surface area contributed by atoms with Gasteiger partial charge >= 0.3 is 5.97 Å². The average Bonchev–Trinajstić information content (AvgIpc) is 2.72. The van der Waals surface area contributed by atoms with Crippen LogP contribution in [0.4, 0.5) is 4.39 Å². The maximum atomic E-state index is 13.1. The molecule has 0 aliphatic heterocycles. The topological polar surface area (TPSA) is 42.2 Å². The maximum absolute atomic E-state index is 13.1. The van der Waals surface area contributed by atoms with Gasteiger partial charge in [0.15, 0.2) is 0 Å². The van der Waals surface area contributed by atoms with E-state index < -0.39 is 5.97 Å². The van der Waals surface area contributed by atoms with Gasteiger partial charge in [-0.05, 0) is 30.7 Å². The summed E-state index contributed by atoms with van der Waals surface area (Å²) in [5.74, 6) is -1.38. The fraction of sp³-hybridized carbons (Fsp3) is 0.154. The van der Waals surface area contributed by atoms with Crippen molar-refractivity contribution in [2.45, 2.75) is 13.5 Å². The molecule has 1 N–H and O–H groups in total. The summed E-state index contributed by atoms with van der Waals surface area (Å²) in [4.78, 5) is 11.2. The summed E-state index contributed by atoms with van der Waals surface area (Å²) in [5.41, 5.74) is 1.31. The average molecular weight is 233 g/mol. The van der Waals surface area contributed by atoms with Crippen molar-refractivity contribution in [2.24, 2.45) is 0 Å². The Kier molecular flexibility index (Phi) is 2.95. The van der Waals surface area contributed by atoms with E-state index >= 15 is 0 Å². The van der Waals surface area contributed by atoms with Crippen molar-refractivity contribution >= 4 is 5.97 Å². The van der Waals surface area contributed by atoms with Gasteiger partial charge in [0.05, 0.1) is 0 Å². The Balaban J connectivity index is 2.60. The molecular formula is C13H12FNO2. The number of carboxylic acids is 1. The number of aromatic carboxylic acids is 1. The third-order valence-corrected chi connectivity index (χ3v) is 2.64. The van der Waals surface area contributed by atoms with Crippen molar-refractivity contribution < 1.29 is 14.3 Å². The zero-order valence-corrected chi connectivity index (χ0v) is 9.35. The summed E-state index contributed by atoms with van der Waals surface area (Å²) in [7, 11) is 0. The Morgan fingerprint density at radius 1 is 1.41 bits per heavy atom. The van der Waals surface area contributed by atoms with Gasteiger partial charge in [-0.15, -0.1) is 0 Å². The highest BCUT2D eigenvalue weighted by Gasteiger charge is 2.16. The summed E-state index contributed by atoms with van der Waals surface area (Å²) in [5, 5.41) is 9.18. The van der Waals surface area contributed by atoms with E-state index in [0.29, 0.717) is 17.7 Å². The normalized spacial score (nSPS) is 10.5. The summed E-state index contributed by atoms with van der Waals surface area (Å²) in [6.07, 6.45) is 1.70. The van der Waals surface area contributed by atoms with Crippen LogP contribution in [0.25, 0.3) is 11.1 Å². The minimum absolute atomic E-state index is 0.193. The lowest BCUT2D eigenvalue weighted by molar-refractivity contribution is 0.0686. The summed E-state index contributed by atoms with van der Waals surface area (Å²) >= 11 is 0. The van der Waals surface area contributed by atoms with E-state index in [9.17, 15) is 14.3 Å². The van der Waals surface area contributed by atoms with Crippen LogP contribution in [0, 0.1) is 5.82 Å². The van der Waals surface area contributed by atoms with Gasteiger partial charge in [0, 0.05) is 18.3 Å². The molecule has 2 aromatic rings. The van der Waals surface area contributed by atoms with E-state index in [2.05, 4.69) is 0 Å². The Morgan fingerprint density at radius 3 is 2.76 bits per heavy atom. The van der Waals surface area contributed by atoms with E-state index in [1.54, 1.807) is 29.0 Å². The van der Waals surface area contributed by atoms with Gasteiger partial charge < -0.3 is 9.67 Å². The standard InChI is InChI=1S/C13H12FNO2/c1-2-15-7-6-11(12(15)13(16)17)9-4-3-5-10(14)8-9/h3-8H,2H2,1H3,(H,16,17). The molecule has 17 heavy (non-hydrogen) atoms. The van der Waals surface area contributed by atoms with E-state index in [-0.39, 0.29) is 11.5 Å². The molecule has 1 aromatic carbocycles. The lowest BCUT2D eigenvalue weighted by atomic mass is 10.1. The highest BCUT2D eigenvalue weighted by molar-refractivity contribution is 5.94. The van der Waals surface area contributed by atoms with Crippen molar-refractivity contribution in [3.05, 3.63) is 48.0 Å². The number of benzene rings is 1. The minimum Gasteiger partial charge on any atom is -0.477 e. The van der Waals surface area contributed by atoms with Crippen LogP contribution >= 0.6 is 0 Å². The van der Waals surface area contributed by atoms with Crippen molar-refractivity contribution in [2.75, 3.05) is 0 Å². The SMILES string of the molecule is CCn1ccc(-c2cccc(F)c2)c1C(=O)O. The minimum atomic E-state index is -1.00. The fourth-order valence-corrected chi connectivity index (χ4v) is 1.86. The van der Waals surface area contributed by atoms with E-state index in [0.717, 1.165) is 0 Å². The summed E-state index contributed by atoms with van der Waals surface area (Å²) < 4.78 is 14.7. The molecule has 0 amide bonds. The molecule has 0 saturated carbocycles. The first-order valence-corrected chi connectivity index (χ1v) is 5.32. The molecule has 0 aliphatic carbocycles. The molecule has 0 aliphatic rings. The van der Waals surface area contributed by atoms with Gasteiger partial charge in [-0.1, -0.05) is 12.1 Å². The zero-order chi connectivity index (χ0) is 12.4. The molecule has 0 bridgehead atoms. The number of rotatable bonds is 3. The van der Waals surface area contributed by atoms with Gasteiger partial charge in [0.25, 0.3) is 0 Å². The van der Waals surface area contributed by atoms with Crippen LogP contribution in [0.15, 0.2) is 36.5 Å². The number of hydrogen-bond acceptors (Lipinski definition) is 1. The third kappa shape index (κ3) is 2.06. The molecular weight excluding hydrogens is 221 g/mol. The van der Waals surface area contributed by atoms with E-state index in [1.165, 1.54) is 12.1 Å². The number of aryl methyl sites for hydroxylation is 1. The highest BCUT2D eigenvalue weighted by atomic mass is 19.1. The number of carbonyl (C=O) groups is 1. The first-order valence-electron chi connectivity index (χ1n) is 5.32. The third-order valence-electron chi connectivity index (χ3n) is 2.64. The quantitative estimate of drug-likeness (QED) is 0.885. The molecule has 1 heterocycles. The molecule has 0 saturated heterocycles. The van der Waals surface area contributed by atoms with E-state index in [1.807, 2.05) is 6.92 Å². The van der Waals surface area contributed by atoms with Crippen molar-refractivity contribution in [1.29, 1.82) is 0 Å². The van der Waals surface area contributed by atoms with Gasteiger partial charge in [-0.25, -0.2) is 9.18 Å². The molecule has 0 atom stereocenters. The van der Waals surface area contributed by atoms with Gasteiger partial charge in [0.1, 0.15) is 11.5 Å². The number of aromatic nitrogens is 1. The van der Waals surface area contributed by atoms with Crippen molar-refractivity contribution in [3.63, 3.8) is 0 Å². The second kappa shape index (κ2) is 4.41. The molecule has 0 fully saturated rings. The largest absolute Gasteiger partial charge is 0.477 e. The number of halogens is 1. The lowest BCUT2D eigenvalue weighted by Gasteiger charge is -2.05. The predicted octanol–water partition coefficient (Wildman–Crippen LogP) is 3.01. The first kappa shape index (κ1) is 11.4. The molecule has 88 valence electrons. The molecule has 1 aromatic heterocycles. The smallest absolute Gasteiger partial charge is 0.353 e. The molecule has 0 radical (unpaired) electrons. The van der Waals surface area contributed by atoms with Gasteiger partial charge in [-0.3, -0.25) is 0 Å². The van der Waals surface area contributed by atoms with Crippen LogP contribution in [0.1, 0.15) is 17.4 Å². The summed E-state index contributed by atoms with van der Waals surface area (Å²) in [6.45, 7) is 2.43. The number of hydrogen-bond donors (Lipinski definition) is 1. The Bertz CT molecular complexity index is 560. The Labute approximate surface area is 98.1 Å². The summed E-state index contributed by atoms with van der Waals surface area (Å²) in [6, 6.07) is 7.63. The number of carboxylic acid groups (broad SMARTS) is 1. The molecule has 0 unspecified atom stereocenters. The van der Waals surface area contributed by atoms with Gasteiger partial charge in [-0.2, -0.15) is 0 Å². The molecule has 3 nitrogen and oxygen atoms in total. The first-order chi connectivity index (χ1) is 8.13. The van der Waals surface area contributed by atoms with Crippen LogP contribution in [0.5, 0.6) is 0 Å². The maximum Gasteiger partial charge on any atom is 0.353 e. The Hall–Kier alpha value is -2.10. The second-order valence-electron chi connectivity index (χ2n) is 3.68. The molecule has 2 rings (SSSR count). The van der Waals surface area contributed by atoms with Crippen molar-refractivity contribution in [3.8, 4) is 11.1 Å². The van der Waals surface area contributed by atoms with Crippen LogP contribution in [-0.4, -0.2) is 15.6 Å². The fourth-order valence-electron chi connectivity index (χ4n) is 1.86. The van der Waals surface area contributed by atoms with Crippen LogP contribution in [-0.2, 0) is 6.54 Å². The second-order valence-corrected chi connectivity index (χ2v) is 3.68. The molecule has 4 heteroatoms. The number of nitrogens with zero attached hydrogens (tertiary/aromatic N) is 1. The monoisotopic (exact) mass is 233 g/mol. The zero-order valence-electron chi connectivity index (χ0n) is 9.35. The highest BCUT2D eigenvalue weighted by Crippen LogP contribution is 2.25. The van der Waals surface area contributed by atoms with Crippen LogP contribution in [0.2, 0.25) is 0 Å². The van der Waals surface area contributed by atoms with Crippen LogP contribution < -0.4 is 0 Å². The van der Waals surface area contributed by atoms with Crippen LogP contribution in [0.3, 0.4) is 0 Å². The Morgan fingerprint density at radius 2 is 2.18 bits per heavy atom. The van der Waals surface area contributed by atoms with E-state index in [4.69, 9.17) is 0 Å². The predicted molar refractivity (Wildman–Crippen MR) is 62.5 cm³/mol. The lowest BCUT2D eigenvalue weighted by Crippen LogP contribution is -2.07. The van der Waals surface area contributed by atoms with Crippen molar-refractivity contribution in [1.82, 2.24) is 4.57 Å². The molecule has 0 spiro atoms.